The van der Waals surface area contributed by atoms with Crippen molar-refractivity contribution in [2.75, 3.05) is 0 Å². The smallest absolute Gasteiger partial charge is 0.170 e. The molecule has 2 rings (SSSR count). The topological polar surface area (TPSA) is 76.9 Å². The van der Waals surface area contributed by atoms with Crippen molar-refractivity contribution in [3.8, 4) is 12.1 Å². The summed E-state index contributed by atoms with van der Waals surface area (Å²) >= 11 is 0. The highest BCUT2D eigenvalue weighted by molar-refractivity contribution is 5.85. The normalized spacial score (nSPS) is 22.8. The second-order valence-electron chi connectivity index (χ2n) is 3.48. The molecule has 1 aromatic rings. The molecule has 1 atom stereocenters. The van der Waals surface area contributed by atoms with Crippen LogP contribution in [-0.4, -0.2) is 10.8 Å². The fourth-order valence-electron chi connectivity index (χ4n) is 1.76. The van der Waals surface area contributed by atoms with Crippen molar-refractivity contribution in [1.82, 2.24) is 9.99 Å². The maximum Gasteiger partial charge on any atom is 0.170 e. The number of aryl methyl sites for hydroxylation is 1. The molecular weight excluding hydrogens is 202 g/mol. The van der Waals surface area contributed by atoms with Crippen LogP contribution in [0, 0.1) is 22.7 Å². The van der Waals surface area contributed by atoms with E-state index in [2.05, 4.69) is 16.6 Å². The van der Waals surface area contributed by atoms with Gasteiger partial charge in [0.15, 0.2) is 5.41 Å². The van der Waals surface area contributed by atoms with Gasteiger partial charge in [-0.15, -0.1) is 0 Å². The van der Waals surface area contributed by atoms with Crippen LogP contribution in [0.1, 0.15) is 5.69 Å². The van der Waals surface area contributed by atoms with Crippen molar-refractivity contribution in [3.05, 3.63) is 35.8 Å². The van der Waals surface area contributed by atoms with Crippen molar-refractivity contribution in [2.45, 2.75) is 5.41 Å². The Bertz CT molecular complexity index is 552. The zero-order chi connectivity index (χ0) is 11.6. The number of allylic oxidation sites excluding steroid dienone is 1. The van der Waals surface area contributed by atoms with Crippen LogP contribution in [0.2, 0.25) is 0 Å². The Hall–Kier alpha value is -2.53. The Morgan fingerprint density at radius 2 is 2.31 bits per heavy atom. The van der Waals surface area contributed by atoms with Gasteiger partial charge in [-0.05, 0) is 12.1 Å². The number of hydrazone groups is 1. The maximum atomic E-state index is 9.36. The van der Waals surface area contributed by atoms with Crippen LogP contribution in [0.15, 0.2) is 35.2 Å². The lowest BCUT2D eigenvalue weighted by Crippen LogP contribution is -2.34. The van der Waals surface area contributed by atoms with Crippen LogP contribution in [0.5, 0.6) is 0 Å². The van der Waals surface area contributed by atoms with Crippen LogP contribution >= 0.6 is 0 Å². The molecule has 1 unspecified atom stereocenters. The number of nitrogens with zero attached hydrogens (tertiary/aromatic N) is 4. The van der Waals surface area contributed by atoms with E-state index in [0.717, 1.165) is 5.69 Å². The summed E-state index contributed by atoms with van der Waals surface area (Å²) in [6.45, 7) is 0. The van der Waals surface area contributed by atoms with Gasteiger partial charge in [-0.1, -0.05) is 0 Å². The summed E-state index contributed by atoms with van der Waals surface area (Å²) in [5.41, 5.74) is 2.57. The van der Waals surface area contributed by atoms with E-state index in [1.807, 2.05) is 36.0 Å². The molecule has 0 radical (unpaired) electrons. The Labute approximate surface area is 92.9 Å². The van der Waals surface area contributed by atoms with Crippen LogP contribution in [0.3, 0.4) is 0 Å². The first-order chi connectivity index (χ1) is 7.74. The molecule has 0 saturated heterocycles. The van der Waals surface area contributed by atoms with Gasteiger partial charge in [0.05, 0.1) is 23.9 Å². The number of nitriles is 2. The third-order valence-corrected chi connectivity index (χ3v) is 2.61. The van der Waals surface area contributed by atoms with E-state index in [4.69, 9.17) is 5.26 Å². The number of hydrogen-bond donors (Lipinski definition) is 1. The zero-order valence-electron chi connectivity index (χ0n) is 8.68. The first kappa shape index (κ1) is 10.0. The van der Waals surface area contributed by atoms with Gasteiger partial charge in [0.25, 0.3) is 0 Å². The predicted octanol–water partition coefficient (Wildman–Crippen LogP) is 0.783. The molecule has 0 spiro atoms. The van der Waals surface area contributed by atoms with Gasteiger partial charge >= 0.3 is 0 Å². The summed E-state index contributed by atoms with van der Waals surface area (Å²) in [7, 11) is 1.83. The molecule has 0 fully saturated rings. The molecule has 1 aliphatic rings. The molecule has 0 saturated carbocycles. The molecule has 2 heterocycles. The second kappa shape index (κ2) is 3.56. The molecule has 0 bridgehead atoms. The summed E-state index contributed by atoms with van der Waals surface area (Å²) in [6.07, 6.45) is 4.75. The van der Waals surface area contributed by atoms with Crippen LogP contribution in [0.25, 0.3) is 0 Å². The van der Waals surface area contributed by atoms with E-state index in [1.54, 1.807) is 0 Å². The quantitative estimate of drug-likeness (QED) is 0.745. The van der Waals surface area contributed by atoms with E-state index in [0.29, 0.717) is 5.57 Å². The second-order valence-corrected chi connectivity index (χ2v) is 3.48. The van der Waals surface area contributed by atoms with Gasteiger partial charge in [0, 0.05) is 25.1 Å². The SMILES string of the molecule is Cn1cccc1C1(C#N)C=NNC=C1C#N. The summed E-state index contributed by atoms with van der Waals surface area (Å²) in [5, 5.41) is 22.3. The lowest BCUT2D eigenvalue weighted by molar-refractivity contribution is 0.730. The minimum atomic E-state index is -1.09. The number of nitrogens with one attached hydrogen (secondary N) is 1. The summed E-state index contributed by atoms with van der Waals surface area (Å²) in [4.78, 5) is 0. The third-order valence-electron chi connectivity index (χ3n) is 2.61. The first-order valence-electron chi connectivity index (χ1n) is 4.68. The Morgan fingerprint density at radius 3 is 2.88 bits per heavy atom. The molecule has 0 aliphatic carbocycles. The fraction of sp³-hybridized carbons (Fsp3) is 0.182. The van der Waals surface area contributed by atoms with E-state index in [1.165, 1.54) is 12.4 Å². The molecule has 1 aromatic heterocycles. The zero-order valence-corrected chi connectivity index (χ0v) is 8.68. The molecular formula is C11H9N5. The monoisotopic (exact) mass is 211 g/mol. The molecule has 1 N–H and O–H groups in total. The average molecular weight is 211 g/mol. The minimum Gasteiger partial charge on any atom is -0.352 e. The van der Waals surface area contributed by atoms with Gasteiger partial charge in [0.2, 0.25) is 0 Å². The first-order valence-corrected chi connectivity index (χ1v) is 4.68. The third kappa shape index (κ3) is 1.19. The van der Waals surface area contributed by atoms with Gasteiger partial charge in [0.1, 0.15) is 0 Å². The van der Waals surface area contributed by atoms with Gasteiger partial charge in [-0.2, -0.15) is 15.6 Å². The number of aromatic nitrogens is 1. The van der Waals surface area contributed by atoms with E-state index in [9.17, 15) is 5.26 Å². The molecule has 5 heteroatoms. The van der Waals surface area contributed by atoms with Crippen molar-refractivity contribution in [2.24, 2.45) is 12.1 Å². The van der Waals surface area contributed by atoms with Crippen molar-refractivity contribution in [1.29, 1.82) is 10.5 Å². The Balaban J connectivity index is 2.66. The molecule has 78 valence electrons. The molecule has 5 nitrogen and oxygen atoms in total. The average Bonchev–Trinajstić information content (AvgIpc) is 2.75. The summed E-state index contributed by atoms with van der Waals surface area (Å²) in [6, 6.07) is 7.84. The number of rotatable bonds is 1. The number of hydrogen-bond acceptors (Lipinski definition) is 4. The van der Waals surface area contributed by atoms with Gasteiger partial charge in [-0.25, -0.2) is 0 Å². The summed E-state index contributed by atoms with van der Waals surface area (Å²) < 4.78 is 1.81. The van der Waals surface area contributed by atoms with E-state index >= 15 is 0 Å². The molecule has 0 aromatic carbocycles. The standard InChI is InChI=1S/C11H9N5/c1-16-4-2-3-10(16)11(7-13)8-15-14-6-9(11)5-12/h2-4,6,8,14H,1H3. The summed E-state index contributed by atoms with van der Waals surface area (Å²) in [5.74, 6) is 0. The fourth-order valence-corrected chi connectivity index (χ4v) is 1.76. The molecule has 0 amide bonds. The van der Waals surface area contributed by atoms with Crippen molar-refractivity contribution >= 4 is 6.21 Å². The van der Waals surface area contributed by atoms with E-state index < -0.39 is 5.41 Å². The van der Waals surface area contributed by atoms with Crippen LogP contribution in [0.4, 0.5) is 0 Å². The van der Waals surface area contributed by atoms with Gasteiger partial charge in [-0.3, -0.25) is 5.43 Å². The van der Waals surface area contributed by atoms with Crippen molar-refractivity contribution < 1.29 is 0 Å². The van der Waals surface area contributed by atoms with E-state index in [-0.39, 0.29) is 0 Å². The molecule has 1 aliphatic heterocycles. The maximum absolute atomic E-state index is 9.36. The highest BCUT2D eigenvalue weighted by Gasteiger charge is 2.39. The predicted molar refractivity (Wildman–Crippen MR) is 58.0 cm³/mol. The van der Waals surface area contributed by atoms with Gasteiger partial charge < -0.3 is 4.57 Å². The van der Waals surface area contributed by atoms with Crippen LogP contribution in [-0.2, 0) is 12.5 Å². The van der Waals surface area contributed by atoms with Crippen LogP contribution < -0.4 is 5.43 Å². The molecule has 16 heavy (non-hydrogen) atoms. The van der Waals surface area contributed by atoms with Crippen molar-refractivity contribution in [3.63, 3.8) is 0 Å². The Kier molecular flexibility index (Phi) is 2.23. The highest BCUT2D eigenvalue weighted by Crippen LogP contribution is 2.30. The largest absolute Gasteiger partial charge is 0.352 e. The highest BCUT2D eigenvalue weighted by atomic mass is 15.3. The lowest BCUT2D eigenvalue weighted by atomic mass is 9.80. The lowest BCUT2D eigenvalue weighted by Gasteiger charge is -2.24. The Morgan fingerprint density at radius 1 is 1.50 bits per heavy atom. The minimum absolute atomic E-state index is 0.340.